The molecule has 0 atom stereocenters. The van der Waals surface area contributed by atoms with Crippen LogP contribution >= 0.6 is 23.2 Å². The Labute approximate surface area is 195 Å². The first-order valence-electron chi connectivity index (χ1n) is 9.60. The van der Waals surface area contributed by atoms with Gasteiger partial charge in [0, 0.05) is 5.02 Å². The Balaban J connectivity index is 1.49. The van der Waals surface area contributed by atoms with E-state index in [9.17, 15) is 9.59 Å². The SMILES string of the molecule is Cc1cc(C)cc(OCC(=O)NN=Cc2ccc(OC(=O)c3ccc(Cl)cc3Cl)cc2)c1. The summed E-state index contributed by atoms with van der Waals surface area (Å²) in [4.78, 5) is 24.2. The van der Waals surface area contributed by atoms with Crippen molar-refractivity contribution in [3.8, 4) is 11.5 Å². The number of rotatable bonds is 7. The summed E-state index contributed by atoms with van der Waals surface area (Å²) in [6, 6.07) is 16.9. The number of hydrogen-bond donors (Lipinski definition) is 1. The topological polar surface area (TPSA) is 77.0 Å². The van der Waals surface area contributed by atoms with Crippen molar-refractivity contribution in [2.24, 2.45) is 5.10 Å². The first kappa shape index (κ1) is 23.3. The number of aryl methyl sites for hydroxylation is 2. The van der Waals surface area contributed by atoms with Crippen molar-refractivity contribution in [2.45, 2.75) is 13.8 Å². The van der Waals surface area contributed by atoms with Crippen LogP contribution in [-0.2, 0) is 4.79 Å². The number of esters is 1. The van der Waals surface area contributed by atoms with Crippen LogP contribution in [0.4, 0.5) is 0 Å². The van der Waals surface area contributed by atoms with Crippen LogP contribution in [0, 0.1) is 13.8 Å². The van der Waals surface area contributed by atoms with Crippen molar-refractivity contribution in [3.05, 3.63) is 93.0 Å². The van der Waals surface area contributed by atoms with E-state index >= 15 is 0 Å². The van der Waals surface area contributed by atoms with E-state index in [2.05, 4.69) is 10.5 Å². The number of amides is 1. The van der Waals surface area contributed by atoms with Gasteiger partial charge in [0.05, 0.1) is 16.8 Å². The number of ether oxygens (including phenoxy) is 2. The highest BCUT2D eigenvalue weighted by molar-refractivity contribution is 6.36. The van der Waals surface area contributed by atoms with Gasteiger partial charge in [-0.2, -0.15) is 5.10 Å². The maximum atomic E-state index is 12.2. The molecule has 0 heterocycles. The summed E-state index contributed by atoms with van der Waals surface area (Å²) < 4.78 is 10.8. The molecule has 8 heteroatoms. The van der Waals surface area contributed by atoms with Gasteiger partial charge in [-0.3, -0.25) is 4.79 Å². The highest BCUT2D eigenvalue weighted by Crippen LogP contribution is 2.23. The fourth-order valence-corrected chi connectivity index (χ4v) is 3.30. The molecule has 32 heavy (non-hydrogen) atoms. The zero-order valence-electron chi connectivity index (χ0n) is 17.4. The molecule has 0 unspecified atom stereocenters. The van der Waals surface area contributed by atoms with E-state index in [-0.39, 0.29) is 23.1 Å². The van der Waals surface area contributed by atoms with E-state index in [1.54, 1.807) is 30.3 Å². The second kappa shape index (κ2) is 10.8. The Morgan fingerprint density at radius 1 is 0.938 bits per heavy atom. The molecule has 3 rings (SSSR count). The number of benzene rings is 3. The summed E-state index contributed by atoms with van der Waals surface area (Å²) >= 11 is 11.9. The monoisotopic (exact) mass is 470 g/mol. The Kier molecular flexibility index (Phi) is 7.87. The van der Waals surface area contributed by atoms with Gasteiger partial charge < -0.3 is 9.47 Å². The second-order valence-electron chi connectivity index (χ2n) is 6.99. The van der Waals surface area contributed by atoms with Gasteiger partial charge in [0.25, 0.3) is 5.91 Å². The summed E-state index contributed by atoms with van der Waals surface area (Å²) in [5, 5.41) is 4.55. The van der Waals surface area contributed by atoms with Gasteiger partial charge in [-0.15, -0.1) is 0 Å². The van der Waals surface area contributed by atoms with Gasteiger partial charge in [0.15, 0.2) is 6.61 Å². The van der Waals surface area contributed by atoms with Crippen LogP contribution in [0.2, 0.25) is 10.0 Å². The van der Waals surface area contributed by atoms with Crippen LogP contribution in [0.3, 0.4) is 0 Å². The summed E-state index contributed by atoms with van der Waals surface area (Å²) in [7, 11) is 0. The number of carbonyl (C=O) groups excluding carboxylic acids is 2. The first-order valence-corrected chi connectivity index (χ1v) is 10.4. The quantitative estimate of drug-likeness (QED) is 0.218. The van der Waals surface area contributed by atoms with Gasteiger partial charge in [-0.05, 0) is 85.1 Å². The number of halogens is 2. The van der Waals surface area contributed by atoms with E-state index in [4.69, 9.17) is 32.7 Å². The molecule has 0 saturated heterocycles. The normalized spacial score (nSPS) is 10.8. The molecule has 0 aromatic heterocycles. The van der Waals surface area contributed by atoms with E-state index in [1.165, 1.54) is 18.3 Å². The Bertz CT molecular complexity index is 1140. The molecule has 3 aromatic rings. The third-order valence-corrected chi connectivity index (χ3v) is 4.76. The first-order chi connectivity index (χ1) is 15.3. The molecule has 0 fully saturated rings. The van der Waals surface area contributed by atoms with Crippen molar-refractivity contribution in [1.29, 1.82) is 0 Å². The van der Waals surface area contributed by atoms with Gasteiger partial charge in [0.1, 0.15) is 11.5 Å². The fourth-order valence-electron chi connectivity index (χ4n) is 2.82. The van der Waals surface area contributed by atoms with Crippen molar-refractivity contribution < 1.29 is 19.1 Å². The summed E-state index contributed by atoms with van der Waals surface area (Å²) in [5.74, 6) is -0.00865. The average Bonchev–Trinajstić information content (AvgIpc) is 2.73. The Morgan fingerprint density at radius 2 is 1.62 bits per heavy atom. The zero-order valence-corrected chi connectivity index (χ0v) is 18.9. The summed E-state index contributed by atoms with van der Waals surface area (Å²) in [5.41, 5.74) is 5.44. The number of hydrazone groups is 1. The van der Waals surface area contributed by atoms with Crippen LogP contribution in [0.5, 0.6) is 11.5 Å². The molecule has 0 saturated carbocycles. The lowest BCUT2D eigenvalue weighted by atomic mass is 10.1. The van der Waals surface area contributed by atoms with E-state index in [1.807, 2.05) is 32.0 Å². The second-order valence-corrected chi connectivity index (χ2v) is 7.83. The van der Waals surface area contributed by atoms with Gasteiger partial charge in [-0.25, -0.2) is 10.2 Å². The smallest absolute Gasteiger partial charge is 0.345 e. The molecule has 3 aromatic carbocycles. The van der Waals surface area contributed by atoms with Crippen LogP contribution in [0.25, 0.3) is 0 Å². The molecule has 0 bridgehead atoms. The molecule has 0 aliphatic carbocycles. The minimum absolute atomic E-state index is 0.150. The van der Waals surface area contributed by atoms with Gasteiger partial charge in [-0.1, -0.05) is 29.3 Å². The molecule has 0 aliphatic heterocycles. The number of carbonyl (C=O) groups is 2. The molecular formula is C24H20Cl2N2O4. The van der Waals surface area contributed by atoms with Crippen molar-refractivity contribution in [2.75, 3.05) is 6.61 Å². The van der Waals surface area contributed by atoms with E-state index in [0.29, 0.717) is 22.1 Å². The highest BCUT2D eigenvalue weighted by atomic mass is 35.5. The molecular weight excluding hydrogens is 451 g/mol. The molecule has 1 amide bonds. The van der Waals surface area contributed by atoms with E-state index in [0.717, 1.165) is 11.1 Å². The Hall–Kier alpha value is -3.35. The van der Waals surface area contributed by atoms with Crippen LogP contribution in [-0.4, -0.2) is 24.7 Å². The van der Waals surface area contributed by atoms with Crippen molar-refractivity contribution in [3.63, 3.8) is 0 Å². The number of hydrogen-bond acceptors (Lipinski definition) is 5. The lowest BCUT2D eigenvalue weighted by Gasteiger charge is -2.07. The molecule has 6 nitrogen and oxygen atoms in total. The van der Waals surface area contributed by atoms with Crippen molar-refractivity contribution >= 4 is 41.3 Å². The summed E-state index contributed by atoms with van der Waals surface area (Å²) in [6.07, 6.45) is 1.47. The zero-order chi connectivity index (χ0) is 23.1. The lowest BCUT2D eigenvalue weighted by Crippen LogP contribution is -2.24. The largest absolute Gasteiger partial charge is 0.484 e. The standard InChI is InChI=1S/C24H20Cl2N2O4/c1-15-9-16(2)11-20(10-15)31-14-23(29)28-27-13-17-3-6-19(7-4-17)32-24(30)21-8-5-18(25)12-22(21)26/h3-13H,14H2,1-2H3,(H,28,29). The minimum atomic E-state index is -0.593. The Morgan fingerprint density at radius 3 is 2.28 bits per heavy atom. The van der Waals surface area contributed by atoms with E-state index < -0.39 is 5.97 Å². The fraction of sp³-hybridized carbons (Fsp3) is 0.125. The molecule has 164 valence electrons. The van der Waals surface area contributed by atoms with Crippen molar-refractivity contribution in [1.82, 2.24) is 5.43 Å². The highest BCUT2D eigenvalue weighted by Gasteiger charge is 2.13. The third kappa shape index (κ3) is 6.83. The predicted molar refractivity (Wildman–Crippen MR) is 125 cm³/mol. The summed E-state index contributed by atoms with van der Waals surface area (Å²) in [6.45, 7) is 3.77. The predicted octanol–water partition coefficient (Wildman–Crippen LogP) is 5.36. The number of nitrogens with zero attached hydrogens (tertiary/aromatic N) is 1. The van der Waals surface area contributed by atoms with Gasteiger partial charge in [0.2, 0.25) is 0 Å². The lowest BCUT2D eigenvalue weighted by molar-refractivity contribution is -0.123. The molecule has 0 radical (unpaired) electrons. The maximum absolute atomic E-state index is 12.2. The average molecular weight is 471 g/mol. The van der Waals surface area contributed by atoms with Crippen LogP contribution < -0.4 is 14.9 Å². The maximum Gasteiger partial charge on any atom is 0.345 e. The number of nitrogens with one attached hydrogen (secondary N) is 1. The van der Waals surface area contributed by atoms with Crippen LogP contribution in [0.1, 0.15) is 27.0 Å². The molecule has 0 aliphatic rings. The molecule has 0 spiro atoms. The van der Waals surface area contributed by atoms with Gasteiger partial charge >= 0.3 is 5.97 Å². The van der Waals surface area contributed by atoms with Crippen LogP contribution in [0.15, 0.2) is 65.8 Å². The third-order valence-electron chi connectivity index (χ3n) is 4.21. The molecule has 1 N–H and O–H groups in total. The minimum Gasteiger partial charge on any atom is -0.484 e.